The van der Waals surface area contributed by atoms with E-state index in [2.05, 4.69) is 40.4 Å². The second-order valence-electron chi connectivity index (χ2n) is 5.78. The van der Waals surface area contributed by atoms with Crippen LogP contribution in [0.1, 0.15) is 21.6 Å². The molecule has 124 valence electrons. The van der Waals surface area contributed by atoms with Gasteiger partial charge in [0.05, 0.1) is 0 Å². The van der Waals surface area contributed by atoms with Gasteiger partial charge in [0.1, 0.15) is 5.69 Å². The summed E-state index contributed by atoms with van der Waals surface area (Å²) >= 11 is 0. The van der Waals surface area contributed by atoms with Crippen LogP contribution in [0.3, 0.4) is 0 Å². The number of carbonyl (C=O) groups is 1. The third-order valence-electron chi connectivity index (χ3n) is 4.28. The molecule has 2 aromatic rings. The Balaban J connectivity index is 0.00000182. The van der Waals surface area contributed by atoms with Crippen molar-refractivity contribution >= 4 is 46.6 Å². The predicted molar refractivity (Wildman–Crippen MR) is 113 cm³/mol. The van der Waals surface area contributed by atoms with Gasteiger partial charge in [-0.05, 0) is 35.4 Å². The molecule has 1 aromatic carbocycles. The summed E-state index contributed by atoms with van der Waals surface area (Å²) in [6.45, 7) is 0. The molecule has 4 heteroatoms. The SMILES string of the molecule is CN1C=C/C(=C\C=C2\C=CC(=O)c3ncccc32)c2ccccc21.I. The van der Waals surface area contributed by atoms with Crippen LogP contribution < -0.4 is 4.90 Å². The Hall–Kier alpha value is -2.47. The molecule has 1 aliphatic carbocycles. The lowest BCUT2D eigenvalue weighted by Gasteiger charge is -2.23. The van der Waals surface area contributed by atoms with Gasteiger partial charge in [0.25, 0.3) is 0 Å². The van der Waals surface area contributed by atoms with E-state index in [1.54, 1.807) is 12.3 Å². The van der Waals surface area contributed by atoms with Crippen molar-refractivity contribution in [2.75, 3.05) is 11.9 Å². The minimum atomic E-state index is -0.0417. The Labute approximate surface area is 164 Å². The smallest absolute Gasteiger partial charge is 0.204 e. The maximum absolute atomic E-state index is 11.9. The molecule has 2 heterocycles. The Morgan fingerprint density at radius 2 is 1.64 bits per heavy atom. The van der Waals surface area contributed by atoms with Crippen molar-refractivity contribution in [2.24, 2.45) is 0 Å². The van der Waals surface area contributed by atoms with E-state index in [0.29, 0.717) is 5.69 Å². The first kappa shape index (κ1) is 17.4. The predicted octanol–water partition coefficient (Wildman–Crippen LogP) is 4.88. The summed E-state index contributed by atoms with van der Waals surface area (Å²) in [5, 5.41) is 0. The molecule has 0 saturated heterocycles. The first-order valence-electron chi connectivity index (χ1n) is 7.84. The topological polar surface area (TPSA) is 33.2 Å². The van der Waals surface area contributed by atoms with E-state index in [9.17, 15) is 4.79 Å². The fourth-order valence-corrected chi connectivity index (χ4v) is 3.03. The molecule has 3 nitrogen and oxygen atoms in total. The summed E-state index contributed by atoms with van der Waals surface area (Å²) in [5.41, 5.74) is 5.92. The second kappa shape index (κ2) is 7.19. The van der Waals surface area contributed by atoms with Gasteiger partial charge in [-0.25, -0.2) is 0 Å². The lowest BCUT2D eigenvalue weighted by atomic mass is 9.94. The van der Waals surface area contributed by atoms with E-state index < -0.39 is 0 Å². The number of para-hydroxylation sites is 1. The van der Waals surface area contributed by atoms with E-state index in [1.165, 1.54) is 11.3 Å². The van der Waals surface area contributed by atoms with E-state index in [-0.39, 0.29) is 29.8 Å². The van der Waals surface area contributed by atoms with Crippen molar-refractivity contribution in [3.05, 3.63) is 96.0 Å². The maximum Gasteiger partial charge on any atom is 0.204 e. The lowest BCUT2D eigenvalue weighted by Crippen LogP contribution is -2.13. The van der Waals surface area contributed by atoms with Crippen LogP contribution in [0.4, 0.5) is 5.69 Å². The maximum atomic E-state index is 11.9. The molecule has 25 heavy (non-hydrogen) atoms. The molecule has 0 radical (unpaired) electrons. The molecule has 1 aromatic heterocycles. The number of benzene rings is 1. The van der Waals surface area contributed by atoms with Crippen molar-refractivity contribution in [3.8, 4) is 0 Å². The Morgan fingerprint density at radius 1 is 0.920 bits per heavy atom. The number of aromatic nitrogens is 1. The molecule has 0 saturated carbocycles. The fraction of sp³-hybridized carbons (Fsp3) is 0.0476. The van der Waals surface area contributed by atoms with Crippen LogP contribution in [0, 0.1) is 0 Å². The number of rotatable bonds is 1. The van der Waals surface area contributed by atoms with Crippen LogP contribution in [-0.2, 0) is 0 Å². The van der Waals surface area contributed by atoms with Gasteiger partial charge in [-0.3, -0.25) is 9.78 Å². The van der Waals surface area contributed by atoms with Crippen molar-refractivity contribution in [1.82, 2.24) is 4.98 Å². The summed E-state index contributed by atoms with van der Waals surface area (Å²) in [5.74, 6) is -0.0417. The highest BCUT2D eigenvalue weighted by atomic mass is 127. The van der Waals surface area contributed by atoms with Crippen molar-refractivity contribution < 1.29 is 4.79 Å². The van der Waals surface area contributed by atoms with Crippen molar-refractivity contribution in [2.45, 2.75) is 0 Å². The summed E-state index contributed by atoms with van der Waals surface area (Å²) in [4.78, 5) is 18.2. The number of anilines is 1. The Kier molecular flexibility index (Phi) is 4.99. The number of hydrogen-bond donors (Lipinski definition) is 0. The van der Waals surface area contributed by atoms with Gasteiger partial charge in [-0.2, -0.15) is 0 Å². The van der Waals surface area contributed by atoms with Gasteiger partial charge in [0.15, 0.2) is 0 Å². The van der Waals surface area contributed by atoms with Gasteiger partial charge in [0, 0.05) is 36.3 Å². The third kappa shape index (κ3) is 3.22. The highest BCUT2D eigenvalue weighted by Crippen LogP contribution is 2.32. The Morgan fingerprint density at radius 3 is 2.48 bits per heavy atom. The van der Waals surface area contributed by atoms with E-state index in [0.717, 1.165) is 16.7 Å². The molecule has 0 unspecified atom stereocenters. The normalized spacial score (nSPS) is 18.1. The minimum Gasteiger partial charge on any atom is -0.351 e. The fourth-order valence-electron chi connectivity index (χ4n) is 3.03. The summed E-state index contributed by atoms with van der Waals surface area (Å²) < 4.78 is 0. The molecule has 0 amide bonds. The monoisotopic (exact) mass is 440 g/mol. The average molecular weight is 440 g/mol. The van der Waals surface area contributed by atoms with Crippen LogP contribution in [-0.4, -0.2) is 17.8 Å². The van der Waals surface area contributed by atoms with Crippen LogP contribution in [0.15, 0.2) is 79.2 Å². The molecule has 0 fully saturated rings. The molecule has 0 N–H and O–H groups in total. The number of carbonyl (C=O) groups excluding carboxylic acids is 1. The summed E-state index contributed by atoms with van der Waals surface area (Å²) in [6.07, 6.45) is 13.4. The van der Waals surface area contributed by atoms with Gasteiger partial charge in [0.2, 0.25) is 5.78 Å². The summed E-state index contributed by atoms with van der Waals surface area (Å²) in [7, 11) is 2.04. The van der Waals surface area contributed by atoms with Crippen molar-refractivity contribution in [1.29, 1.82) is 0 Å². The number of nitrogens with zero attached hydrogens (tertiary/aromatic N) is 2. The molecular formula is C21H17IN2O. The van der Waals surface area contributed by atoms with Gasteiger partial charge in [-0.15, -0.1) is 24.0 Å². The largest absolute Gasteiger partial charge is 0.351 e. The zero-order valence-electron chi connectivity index (χ0n) is 13.7. The van der Waals surface area contributed by atoms with Crippen LogP contribution in [0.2, 0.25) is 0 Å². The van der Waals surface area contributed by atoms with E-state index in [1.807, 2.05) is 43.5 Å². The standard InChI is InChI=1S/C21H16N2O.HI/c1-23-14-12-16(17-5-2-3-7-19(17)23)9-8-15-10-11-20(24)21-18(15)6-4-13-22-21;/h2-14H,1H3;1H/b15-8-,16-9+;. The lowest BCUT2D eigenvalue weighted by molar-refractivity contribution is 0.104. The Bertz CT molecular complexity index is 954. The highest BCUT2D eigenvalue weighted by Gasteiger charge is 2.17. The molecule has 0 bridgehead atoms. The number of ketones is 1. The molecule has 0 atom stereocenters. The first-order valence-corrected chi connectivity index (χ1v) is 7.84. The van der Waals surface area contributed by atoms with E-state index in [4.69, 9.17) is 0 Å². The number of pyridine rings is 1. The molecule has 1 aliphatic heterocycles. The van der Waals surface area contributed by atoms with E-state index >= 15 is 0 Å². The van der Waals surface area contributed by atoms with Gasteiger partial charge in [-0.1, -0.05) is 42.5 Å². The number of fused-ring (bicyclic) bond motifs is 2. The zero-order valence-corrected chi connectivity index (χ0v) is 16.0. The zero-order chi connectivity index (χ0) is 16.5. The van der Waals surface area contributed by atoms with Crippen LogP contribution in [0.25, 0.3) is 11.1 Å². The van der Waals surface area contributed by atoms with Gasteiger partial charge < -0.3 is 4.90 Å². The average Bonchev–Trinajstić information content (AvgIpc) is 2.63. The van der Waals surface area contributed by atoms with Gasteiger partial charge >= 0.3 is 0 Å². The summed E-state index contributed by atoms with van der Waals surface area (Å²) in [6, 6.07) is 12.1. The molecule has 4 rings (SSSR count). The quantitative estimate of drug-likeness (QED) is 0.593. The van der Waals surface area contributed by atoms with Crippen LogP contribution in [0.5, 0.6) is 0 Å². The van der Waals surface area contributed by atoms with Crippen LogP contribution >= 0.6 is 24.0 Å². The first-order chi connectivity index (χ1) is 11.7. The second-order valence-corrected chi connectivity index (χ2v) is 5.78. The molecular weight excluding hydrogens is 423 g/mol. The number of halogens is 1. The number of allylic oxidation sites excluding steroid dienone is 7. The molecule has 2 aliphatic rings. The number of hydrogen-bond acceptors (Lipinski definition) is 3. The highest BCUT2D eigenvalue weighted by molar-refractivity contribution is 14.0. The minimum absolute atomic E-state index is 0. The van der Waals surface area contributed by atoms with Crippen molar-refractivity contribution in [3.63, 3.8) is 0 Å². The molecule has 0 spiro atoms. The third-order valence-corrected chi connectivity index (χ3v) is 4.28.